The molecule has 0 atom stereocenters. The van der Waals surface area contributed by atoms with Crippen molar-refractivity contribution in [2.75, 3.05) is 0 Å². The maximum atomic E-state index is 11.6. The zero-order chi connectivity index (χ0) is 7.78. The highest BCUT2D eigenvalue weighted by Crippen LogP contribution is 2.24. The first kappa shape index (κ1) is 6.84. The van der Waals surface area contributed by atoms with Gasteiger partial charge in [0.1, 0.15) is 0 Å². The third kappa shape index (κ3) is 1.17. The standard InChI is InChI=1S/C3H2F3N4/c1-10-8-2(7-9-10)3(4,5)6/h1H2/q-1. The Morgan fingerprint density at radius 2 is 2.00 bits per heavy atom. The van der Waals surface area contributed by atoms with Gasteiger partial charge in [0.15, 0.2) is 0 Å². The predicted molar refractivity (Wildman–Crippen MR) is 23.6 cm³/mol. The minimum Gasteiger partial charge on any atom is -0.301 e. The first-order valence-electron chi connectivity index (χ1n) is 2.18. The van der Waals surface area contributed by atoms with Gasteiger partial charge in [-0.1, -0.05) is 5.21 Å². The Hall–Kier alpha value is -1.27. The molecule has 0 unspecified atom stereocenters. The zero-order valence-electron chi connectivity index (χ0n) is 4.63. The summed E-state index contributed by atoms with van der Waals surface area (Å²) in [6.45, 7) is 0. The molecule has 1 aromatic rings. The molecule has 4 nitrogen and oxygen atoms in total. The zero-order valence-corrected chi connectivity index (χ0v) is 4.63. The first-order chi connectivity index (χ1) is 4.50. The van der Waals surface area contributed by atoms with E-state index in [-0.39, 0.29) is 0 Å². The van der Waals surface area contributed by atoms with Gasteiger partial charge in [-0.3, -0.25) is 7.05 Å². The molecule has 0 radical (unpaired) electrons. The first-order valence-corrected chi connectivity index (χ1v) is 2.18. The molecule has 0 spiro atoms. The Morgan fingerprint density at radius 1 is 1.40 bits per heavy atom. The topological polar surface area (TPSA) is 43.6 Å². The van der Waals surface area contributed by atoms with Gasteiger partial charge in [0.05, 0.1) is 0 Å². The van der Waals surface area contributed by atoms with Crippen LogP contribution in [0.1, 0.15) is 5.82 Å². The predicted octanol–water partition coefficient (Wildman–Crippen LogP) is 0.332. The maximum absolute atomic E-state index is 11.6. The Balaban J connectivity index is 2.96. The lowest BCUT2D eigenvalue weighted by atomic mass is 10.6. The molecule has 1 aromatic heterocycles. The van der Waals surface area contributed by atoms with E-state index in [1.807, 2.05) is 0 Å². The van der Waals surface area contributed by atoms with E-state index in [1.54, 1.807) is 0 Å². The van der Waals surface area contributed by atoms with E-state index >= 15 is 0 Å². The average molecular weight is 151 g/mol. The highest BCUT2D eigenvalue weighted by atomic mass is 19.4. The van der Waals surface area contributed by atoms with Crippen LogP contribution in [0.5, 0.6) is 0 Å². The van der Waals surface area contributed by atoms with Crippen molar-refractivity contribution in [2.24, 2.45) is 0 Å². The SMILES string of the molecule is [CH2-]n1nnc(C(F)(F)F)n1. The van der Waals surface area contributed by atoms with Crippen LogP contribution in [-0.2, 0) is 6.18 Å². The normalized spacial score (nSPS) is 11.9. The minimum absolute atomic E-state index is 0.503. The van der Waals surface area contributed by atoms with Crippen molar-refractivity contribution in [2.45, 2.75) is 6.18 Å². The molecule has 0 saturated heterocycles. The quantitative estimate of drug-likeness (QED) is 0.502. The van der Waals surface area contributed by atoms with Gasteiger partial charge in [-0.05, 0) is 0 Å². The van der Waals surface area contributed by atoms with Gasteiger partial charge in [0.25, 0.3) is 5.82 Å². The number of tetrazole rings is 1. The summed E-state index contributed by atoms with van der Waals surface area (Å²) in [5, 5.41) is 8.45. The highest BCUT2D eigenvalue weighted by molar-refractivity contribution is 4.83. The smallest absolute Gasteiger partial charge is 0.301 e. The number of aromatic nitrogens is 4. The molecule has 7 heteroatoms. The molecule has 0 fully saturated rings. The van der Waals surface area contributed by atoms with Gasteiger partial charge in [0.2, 0.25) is 0 Å². The van der Waals surface area contributed by atoms with Crippen molar-refractivity contribution >= 4 is 0 Å². The Labute approximate surface area is 53.6 Å². The molecule has 1 heterocycles. The van der Waals surface area contributed by atoms with Crippen molar-refractivity contribution in [3.63, 3.8) is 0 Å². The van der Waals surface area contributed by atoms with Gasteiger partial charge < -0.3 is 4.80 Å². The Morgan fingerprint density at radius 3 is 2.20 bits per heavy atom. The molecule has 0 saturated carbocycles. The van der Waals surface area contributed by atoms with Crippen LogP contribution < -0.4 is 0 Å². The summed E-state index contributed by atoms with van der Waals surface area (Å²) in [5.74, 6) is -1.28. The molecular weight excluding hydrogens is 149 g/mol. The fourth-order valence-electron chi connectivity index (χ4n) is 0.357. The fraction of sp³-hybridized carbons (Fsp3) is 0.333. The molecular formula is C3H2F3N4-. The number of halogens is 3. The summed E-state index contributed by atoms with van der Waals surface area (Å²) in [5.41, 5.74) is 0. The lowest BCUT2D eigenvalue weighted by Gasteiger charge is -1.97. The molecule has 56 valence electrons. The van der Waals surface area contributed by atoms with Crippen LogP contribution in [0, 0.1) is 7.05 Å². The second-order valence-corrected chi connectivity index (χ2v) is 1.48. The van der Waals surface area contributed by atoms with E-state index in [2.05, 4.69) is 22.5 Å². The number of hydrogen-bond acceptors (Lipinski definition) is 3. The van der Waals surface area contributed by atoms with Crippen molar-refractivity contribution < 1.29 is 13.2 Å². The van der Waals surface area contributed by atoms with E-state index < -0.39 is 12.0 Å². The molecule has 0 aliphatic carbocycles. The minimum atomic E-state index is -4.53. The number of hydrogen-bond donors (Lipinski definition) is 0. The van der Waals surface area contributed by atoms with Crippen LogP contribution in [0.25, 0.3) is 0 Å². The summed E-state index contributed by atoms with van der Waals surface area (Å²) in [6, 6.07) is 0. The third-order valence-corrected chi connectivity index (χ3v) is 0.706. The highest BCUT2D eigenvalue weighted by Gasteiger charge is 2.35. The average Bonchev–Trinajstić information content (AvgIpc) is 2.11. The largest absolute Gasteiger partial charge is 0.455 e. The number of nitrogens with zero attached hydrogens (tertiary/aromatic N) is 4. The van der Waals surface area contributed by atoms with Gasteiger partial charge in [-0.2, -0.15) is 18.3 Å². The van der Waals surface area contributed by atoms with E-state index in [1.165, 1.54) is 0 Å². The molecule has 0 bridgehead atoms. The van der Waals surface area contributed by atoms with Gasteiger partial charge in [0, 0.05) is 0 Å². The van der Waals surface area contributed by atoms with Gasteiger partial charge in [-0.15, -0.1) is 5.10 Å². The fourth-order valence-corrected chi connectivity index (χ4v) is 0.357. The van der Waals surface area contributed by atoms with Crippen LogP contribution in [0.15, 0.2) is 0 Å². The third-order valence-electron chi connectivity index (χ3n) is 0.706. The van der Waals surface area contributed by atoms with Crippen LogP contribution >= 0.6 is 0 Å². The molecule has 0 aliphatic rings. The van der Waals surface area contributed by atoms with E-state index in [0.717, 1.165) is 0 Å². The Kier molecular flexibility index (Phi) is 1.27. The van der Waals surface area contributed by atoms with Crippen molar-refractivity contribution in [1.82, 2.24) is 20.2 Å². The summed E-state index contributed by atoms with van der Waals surface area (Å²) in [7, 11) is 2.99. The molecule has 0 amide bonds. The lowest BCUT2D eigenvalue weighted by molar-refractivity contribution is -0.145. The molecule has 0 aliphatic heterocycles. The van der Waals surface area contributed by atoms with E-state index in [9.17, 15) is 13.2 Å². The summed E-state index contributed by atoms with van der Waals surface area (Å²) in [4.78, 5) is 0.503. The molecule has 0 aromatic carbocycles. The number of alkyl halides is 3. The second-order valence-electron chi connectivity index (χ2n) is 1.48. The van der Waals surface area contributed by atoms with Crippen molar-refractivity contribution in [3.8, 4) is 0 Å². The summed E-state index contributed by atoms with van der Waals surface area (Å²) < 4.78 is 34.8. The van der Waals surface area contributed by atoms with Crippen LogP contribution in [0.2, 0.25) is 0 Å². The molecule has 10 heavy (non-hydrogen) atoms. The van der Waals surface area contributed by atoms with E-state index in [0.29, 0.717) is 4.80 Å². The second kappa shape index (κ2) is 1.86. The molecule has 0 N–H and O–H groups in total. The van der Waals surface area contributed by atoms with Crippen molar-refractivity contribution in [1.29, 1.82) is 0 Å². The summed E-state index contributed by atoms with van der Waals surface area (Å²) >= 11 is 0. The summed E-state index contributed by atoms with van der Waals surface area (Å²) in [6.07, 6.45) is -4.53. The van der Waals surface area contributed by atoms with E-state index in [4.69, 9.17) is 0 Å². The monoisotopic (exact) mass is 151 g/mol. The van der Waals surface area contributed by atoms with Crippen LogP contribution in [0.3, 0.4) is 0 Å². The van der Waals surface area contributed by atoms with Gasteiger partial charge >= 0.3 is 6.18 Å². The lowest BCUT2D eigenvalue weighted by Crippen LogP contribution is -2.07. The van der Waals surface area contributed by atoms with Crippen LogP contribution in [0.4, 0.5) is 13.2 Å². The maximum Gasteiger partial charge on any atom is 0.455 e. The number of rotatable bonds is 0. The van der Waals surface area contributed by atoms with Gasteiger partial charge in [-0.25, -0.2) is 0 Å². The van der Waals surface area contributed by atoms with Crippen molar-refractivity contribution in [3.05, 3.63) is 12.9 Å². The molecule has 1 rings (SSSR count). The van der Waals surface area contributed by atoms with Crippen LogP contribution in [-0.4, -0.2) is 20.2 Å². The Bertz CT molecular complexity index is 226.